The Morgan fingerprint density at radius 3 is 1.82 bits per heavy atom. The van der Waals surface area contributed by atoms with Crippen molar-refractivity contribution in [1.29, 1.82) is 0 Å². The van der Waals surface area contributed by atoms with Gasteiger partial charge in [0.1, 0.15) is 0 Å². The summed E-state index contributed by atoms with van der Waals surface area (Å²) in [6.07, 6.45) is 29.1. The summed E-state index contributed by atoms with van der Waals surface area (Å²) in [4.78, 5) is 4.61. The van der Waals surface area contributed by atoms with Crippen molar-refractivity contribution in [2.75, 3.05) is 16.3 Å². The van der Waals surface area contributed by atoms with Crippen LogP contribution in [0.3, 0.4) is 0 Å². The molecule has 254 valence electrons. The number of nitrogens with zero attached hydrogens (tertiary/aromatic N) is 2. The maximum absolute atomic E-state index is 4.11. The van der Waals surface area contributed by atoms with Crippen molar-refractivity contribution < 1.29 is 0 Å². The van der Waals surface area contributed by atoms with Crippen LogP contribution in [0.1, 0.15) is 36.5 Å². The van der Waals surface area contributed by atoms with Gasteiger partial charge >= 0.3 is 0 Å². The molecule has 4 aromatic carbocycles. The number of hydrogen-bond donors (Lipinski definition) is 0. The van der Waals surface area contributed by atoms with Gasteiger partial charge in [-0.25, -0.2) is 0 Å². The highest BCUT2D eigenvalue weighted by Crippen LogP contribution is 2.31. The Labute approximate surface area is 305 Å². The van der Waals surface area contributed by atoms with Gasteiger partial charge in [0.2, 0.25) is 0 Å². The van der Waals surface area contributed by atoms with E-state index in [2.05, 4.69) is 194 Å². The Kier molecular flexibility index (Phi) is 13.6. The highest BCUT2D eigenvalue weighted by molar-refractivity contribution is 5.73. The molecular weight excluding hydrogens is 617 g/mol. The largest absolute Gasteiger partial charge is 0.344 e. The molecule has 5 rings (SSSR count). The van der Waals surface area contributed by atoms with E-state index in [-0.39, 0.29) is 6.04 Å². The zero-order chi connectivity index (χ0) is 35.7. The molecule has 2 heteroatoms. The molecular formula is C49H48N2. The molecule has 4 aromatic rings. The standard InChI is InChI=1S/C49H48N2/c1-5-8-10-17-37-50(47-19-13-11-14-20-47)39-45-34-31-44(38-40(45)4)30-29-42-25-23-41(24-26-42)27-28-43-32-35-49(36-33-43)51(46(7-3)18-9-6-2)48-21-15-12-16-22-48/h5,7-17,19-37,40,46H,1-3,18,38-39H2,4H3/b10-8-,28-27+,30-29+,37-17+. The number of benzene rings is 4. The maximum atomic E-state index is 4.11. The zero-order valence-corrected chi connectivity index (χ0v) is 29.7. The molecule has 0 bridgehead atoms. The molecule has 0 aromatic heterocycles. The van der Waals surface area contributed by atoms with Crippen LogP contribution in [-0.2, 0) is 0 Å². The third-order valence-corrected chi connectivity index (χ3v) is 8.96. The normalized spacial score (nSPS) is 15.0. The molecule has 0 heterocycles. The van der Waals surface area contributed by atoms with Gasteiger partial charge in [0, 0.05) is 29.8 Å². The molecule has 0 spiro atoms. The van der Waals surface area contributed by atoms with E-state index in [1.165, 1.54) is 28.0 Å². The summed E-state index contributed by atoms with van der Waals surface area (Å²) < 4.78 is 0. The minimum absolute atomic E-state index is 0.0939. The second-order valence-electron chi connectivity index (χ2n) is 12.6. The molecule has 0 aliphatic heterocycles. The van der Waals surface area contributed by atoms with Gasteiger partial charge in [-0.1, -0.05) is 154 Å². The summed E-state index contributed by atoms with van der Waals surface area (Å²) in [6.45, 7) is 14.8. The Bertz CT molecular complexity index is 1950. The molecule has 51 heavy (non-hydrogen) atoms. The van der Waals surface area contributed by atoms with Crippen LogP contribution in [0.5, 0.6) is 0 Å². The van der Waals surface area contributed by atoms with E-state index in [1.54, 1.807) is 6.08 Å². The highest BCUT2D eigenvalue weighted by Gasteiger charge is 2.18. The van der Waals surface area contributed by atoms with Gasteiger partial charge in [-0.15, -0.1) is 12.3 Å². The fraction of sp³-hybridized carbons (Fsp3) is 0.122. The number of para-hydroxylation sites is 2. The third kappa shape index (κ3) is 10.7. The molecule has 2 unspecified atom stereocenters. The van der Waals surface area contributed by atoms with Gasteiger partial charge in [0.25, 0.3) is 0 Å². The smallest absolute Gasteiger partial charge is 0.0560 e. The number of rotatable bonds is 16. The van der Waals surface area contributed by atoms with E-state index in [0.29, 0.717) is 5.92 Å². The molecule has 0 radical (unpaired) electrons. The first-order valence-corrected chi connectivity index (χ1v) is 17.6. The topological polar surface area (TPSA) is 6.48 Å². The molecule has 0 N–H and O–H groups in total. The van der Waals surface area contributed by atoms with Gasteiger partial charge in [0.05, 0.1) is 6.04 Å². The van der Waals surface area contributed by atoms with Crippen molar-refractivity contribution in [1.82, 2.24) is 0 Å². The van der Waals surface area contributed by atoms with Crippen molar-refractivity contribution in [3.05, 3.63) is 223 Å². The van der Waals surface area contributed by atoms with Crippen molar-refractivity contribution in [3.8, 4) is 0 Å². The average Bonchev–Trinajstić information content (AvgIpc) is 3.18. The molecule has 2 atom stereocenters. The molecule has 0 saturated carbocycles. The first kappa shape index (κ1) is 36.2. The molecule has 0 amide bonds. The lowest BCUT2D eigenvalue weighted by atomic mass is 9.87. The third-order valence-electron chi connectivity index (χ3n) is 8.96. The lowest BCUT2D eigenvalue weighted by Gasteiger charge is -2.31. The monoisotopic (exact) mass is 664 g/mol. The van der Waals surface area contributed by atoms with E-state index >= 15 is 0 Å². The summed E-state index contributed by atoms with van der Waals surface area (Å²) in [5.74, 6) is 0.457. The minimum atomic E-state index is 0.0939. The van der Waals surface area contributed by atoms with Crippen LogP contribution in [0.25, 0.3) is 18.2 Å². The van der Waals surface area contributed by atoms with Crippen molar-refractivity contribution in [2.24, 2.45) is 5.92 Å². The maximum Gasteiger partial charge on any atom is 0.0560 e. The highest BCUT2D eigenvalue weighted by atomic mass is 15.2. The summed E-state index contributed by atoms with van der Waals surface area (Å²) in [6, 6.07) is 38.5. The number of anilines is 3. The Balaban J connectivity index is 1.21. The van der Waals surface area contributed by atoms with Gasteiger partial charge in [0.15, 0.2) is 0 Å². The van der Waals surface area contributed by atoms with E-state index in [0.717, 1.165) is 36.3 Å². The summed E-state index contributed by atoms with van der Waals surface area (Å²) in [7, 11) is 0. The summed E-state index contributed by atoms with van der Waals surface area (Å²) in [5.41, 5.74) is 12.6. The Morgan fingerprint density at radius 1 is 0.686 bits per heavy atom. The quantitative estimate of drug-likeness (QED) is 0.0509. The molecule has 0 saturated heterocycles. The second-order valence-corrected chi connectivity index (χ2v) is 12.6. The fourth-order valence-electron chi connectivity index (χ4n) is 6.10. The van der Waals surface area contributed by atoms with Crippen LogP contribution in [0.15, 0.2) is 207 Å². The Morgan fingerprint density at radius 2 is 1.25 bits per heavy atom. The van der Waals surface area contributed by atoms with Gasteiger partial charge < -0.3 is 9.80 Å². The van der Waals surface area contributed by atoms with Gasteiger partial charge in [-0.05, 0) is 95.1 Å². The van der Waals surface area contributed by atoms with E-state index in [9.17, 15) is 0 Å². The summed E-state index contributed by atoms with van der Waals surface area (Å²) >= 11 is 0. The molecule has 1 aliphatic carbocycles. The minimum Gasteiger partial charge on any atom is -0.344 e. The predicted molar refractivity (Wildman–Crippen MR) is 224 cm³/mol. The zero-order valence-electron chi connectivity index (χ0n) is 29.7. The van der Waals surface area contributed by atoms with Crippen LogP contribution >= 0.6 is 0 Å². The van der Waals surface area contributed by atoms with E-state index in [1.807, 2.05) is 30.4 Å². The van der Waals surface area contributed by atoms with Crippen LogP contribution < -0.4 is 9.80 Å². The average molecular weight is 665 g/mol. The van der Waals surface area contributed by atoms with Gasteiger partial charge in [-0.3, -0.25) is 0 Å². The molecule has 0 fully saturated rings. The van der Waals surface area contributed by atoms with Crippen molar-refractivity contribution in [3.63, 3.8) is 0 Å². The first-order chi connectivity index (χ1) is 25.1. The van der Waals surface area contributed by atoms with Gasteiger partial charge in [-0.2, -0.15) is 0 Å². The van der Waals surface area contributed by atoms with Crippen LogP contribution in [0, 0.1) is 5.92 Å². The lowest BCUT2D eigenvalue weighted by molar-refractivity contribution is 0.652. The fourth-order valence-corrected chi connectivity index (χ4v) is 6.10. The number of allylic oxidation sites excluding steroid dienone is 8. The molecule has 2 nitrogen and oxygen atoms in total. The molecule has 1 aliphatic rings. The Hall–Kier alpha value is -6.08. The number of hydrogen-bond acceptors (Lipinski definition) is 2. The van der Waals surface area contributed by atoms with Crippen LogP contribution in [-0.4, -0.2) is 12.6 Å². The van der Waals surface area contributed by atoms with E-state index in [4.69, 9.17) is 0 Å². The predicted octanol–water partition coefficient (Wildman–Crippen LogP) is 12.9. The lowest BCUT2D eigenvalue weighted by Crippen LogP contribution is -2.28. The first-order valence-electron chi connectivity index (χ1n) is 17.6. The summed E-state index contributed by atoms with van der Waals surface area (Å²) in [5, 5.41) is 0. The SMILES string of the molecule is C=C=CCC(C=C)N(c1ccccc1)c1ccc(/C=C/c2ccc(/C=C/C3=CC=C(CN(/C=C/C=C\C=C)c4ccccc4)C(C)C3)cc2)cc1. The van der Waals surface area contributed by atoms with E-state index < -0.39 is 0 Å². The van der Waals surface area contributed by atoms with Crippen molar-refractivity contribution >= 4 is 35.3 Å². The second kappa shape index (κ2) is 19.2. The van der Waals surface area contributed by atoms with Crippen LogP contribution in [0.2, 0.25) is 0 Å². The van der Waals surface area contributed by atoms with Crippen LogP contribution in [0.4, 0.5) is 17.1 Å². The van der Waals surface area contributed by atoms with Crippen molar-refractivity contribution in [2.45, 2.75) is 25.8 Å².